The van der Waals surface area contributed by atoms with Crippen molar-refractivity contribution in [3.8, 4) is 5.75 Å². The van der Waals surface area contributed by atoms with Gasteiger partial charge in [-0.2, -0.15) is 0 Å². The molecule has 78 valence electrons. The summed E-state index contributed by atoms with van der Waals surface area (Å²) < 4.78 is 21.7. The summed E-state index contributed by atoms with van der Waals surface area (Å²) >= 11 is 0. The van der Waals surface area contributed by atoms with E-state index in [9.17, 15) is 13.5 Å². The van der Waals surface area contributed by atoms with Gasteiger partial charge in [-0.25, -0.2) is 8.42 Å². The molecule has 0 unspecified atom stereocenters. The number of phenolic OH excluding ortho intramolecular Hbond substituents is 1. The smallest absolute Gasteiger partial charge is 0.147 e. The number of rotatable bonds is 4. The van der Waals surface area contributed by atoms with Crippen molar-refractivity contribution in [1.29, 1.82) is 0 Å². The van der Waals surface area contributed by atoms with Crippen LogP contribution in [0.4, 0.5) is 0 Å². The maximum Gasteiger partial charge on any atom is 0.147 e. The first-order valence-corrected chi connectivity index (χ1v) is 6.50. The molecule has 1 aromatic carbocycles. The zero-order valence-corrected chi connectivity index (χ0v) is 8.92. The number of benzene rings is 1. The average Bonchev–Trinajstić information content (AvgIpc) is 2.06. The van der Waals surface area contributed by atoms with Crippen molar-refractivity contribution in [2.75, 3.05) is 12.0 Å². The van der Waals surface area contributed by atoms with E-state index in [2.05, 4.69) is 0 Å². The summed E-state index contributed by atoms with van der Waals surface area (Å²) in [5.74, 6) is 0.405. The van der Waals surface area contributed by atoms with Crippen molar-refractivity contribution in [3.63, 3.8) is 0 Å². The minimum atomic E-state index is -2.89. The number of hydrogen-bond donors (Lipinski definition) is 1. The van der Waals surface area contributed by atoms with E-state index < -0.39 is 9.84 Å². The molecule has 0 spiro atoms. The Hall–Kier alpha value is -1.03. The van der Waals surface area contributed by atoms with Gasteiger partial charge in [0.2, 0.25) is 0 Å². The van der Waals surface area contributed by atoms with Crippen molar-refractivity contribution in [1.82, 2.24) is 0 Å². The quantitative estimate of drug-likeness (QED) is 0.823. The van der Waals surface area contributed by atoms with Crippen LogP contribution in [-0.2, 0) is 16.3 Å². The third-order valence-electron chi connectivity index (χ3n) is 1.95. The molecule has 0 fully saturated rings. The Labute approximate surface area is 84.3 Å². The summed E-state index contributed by atoms with van der Waals surface area (Å²) in [7, 11) is -2.89. The molecular weight excluding hydrogens is 200 g/mol. The monoisotopic (exact) mass is 214 g/mol. The fraction of sp³-hybridized carbons (Fsp3) is 0.400. The number of aromatic hydroxyl groups is 1. The van der Waals surface area contributed by atoms with Gasteiger partial charge in [-0.05, 0) is 24.5 Å². The van der Waals surface area contributed by atoms with E-state index in [0.29, 0.717) is 12.8 Å². The van der Waals surface area contributed by atoms with Crippen molar-refractivity contribution < 1.29 is 13.5 Å². The predicted molar refractivity (Wildman–Crippen MR) is 56.1 cm³/mol. The molecule has 0 radical (unpaired) electrons. The molecular formula is C10H14O3S. The van der Waals surface area contributed by atoms with Gasteiger partial charge in [0.1, 0.15) is 15.6 Å². The lowest BCUT2D eigenvalue weighted by Crippen LogP contribution is -2.03. The lowest BCUT2D eigenvalue weighted by atomic mass is 10.1. The van der Waals surface area contributed by atoms with Crippen LogP contribution in [0, 0.1) is 0 Å². The first-order chi connectivity index (χ1) is 6.49. The minimum absolute atomic E-state index is 0.168. The van der Waals surface area contributed by atoms with Crippen LogP contribution in [0.1, 0.15) is 12.0 Å². The van der Waals surface area contributed by atoms with Gasteiger partial charge >= 0.3 is 0 Å². The van der Waals surface area contributed by atoms with E-state index in [0.717, 1.165) is 5.56 Å². The molecule has 0 bridgehead atoms. The van der Waals surface area contributed by atoms with Crippen LogP contribution in [0.25, 0.3) is 0 Å². The Morgan fingerprint density at radius 1 is 1.29 bits per heavy atom. The molecule has 0 aliphatic heterocycles. The van der Waals surface area contributed by atoms with Crippen LogP contribution in [-0.4, -0.2) is 25.5 Å². The van der Waals surface area contributed by atoms with E-state index >= 15 is 0 Å². The molecule has 3 nitrogen and oxygen atoms in total. The number of hydrogen-bond acceptors (Lipinski definition) is 3. The Kier molecular flexibility index (Phi) is 3.52. The third kappa shape index (κ3) is 3.79. The topological polar surface area (TPSA) is 54.4 Å². The van der Waals surface area contributed by atoms with Gasteiger partial charge in [-0.3, -0.25) is 0 Å². The van der Waals surface area contributed by atoms with Crippen molar-refractivity contribution in [2.24, 2.45) is 0 Å². The molecule has 0 aliphatic rings. The van der Waals surface area contributed by atoms with Crippen LogP contribution >= 0.6 is 0 Å². The molecule has 1 aromatic rings. The molecule has 0 aromatic heterocycles. The Morgan fingerprint density at radius 2 is 1.93 bits per heavy atom. The number of aryl methyl sites for hydroxylation is 1. The fourth-order valence-electron chi connectivity index (χ4n) is 1.25. The Morgan fingerprint density at radius 3 is 2.50 bits per heavy atom. The van der Waals surface area contributed by atoms with Gasteiger partial charge in [-0.1, -0.05) is 18.2 Å². The number of phenols is 1. The van der Waals surface area contributed by atoms with Gasteiger partial charge in [0, 0.05) is 6.26 Å². The standard InChI is InChI=1S/C10H14O3S/c1-14(12,13)8-4-6-9-5-2-3-7-10(9)11/h2-3,5,7,11H,4,6,8H2,1H3. The van der Waals surface area contributed by atoms with E-state index in [4.69, 9.17) is 0 Å². The molecule has 0 saturated heterocycles. The predicted octanol–water partition coefficient (Wildman–Crippen LogP) is 1.37. The van der Waals surface area contributed by atoms with Gasteiger partial charge in [0.15, 0.2) is 0 Å². The second-order valence-electron chi connectivity index (χ2n) is 3.36. The molecule has 1 N–H and O–H groups in total. The number of sulfone groups is 1. The van der Waals surface area contributed by atoms with E-state index in [-0.39, 0.29) is 11.5 Å². The van der Waals surface area contributed by atoms with E-state index in [1.165, 1.54) is 6.26 Å². The molecule has 0 aliphatic carbocycles. The summed E-state index contributed by atoms with van der Waals surface area (Å²) in [4.78, 5) is 0. The summed E-state index contributed by atoms with van der Waals surface area (Å²) in [6.07, 6.45) is 2.37. The summed E-state index contributed by atoms with van der Waals surface area (Å²) in [5.41, 5.74) is 0.802. The fourth-order valence-corrected chi connectivity index (χ4v) is 1.92. The normalized spacial score (nSPS) is 11.5. The lowest BCUT2D eigenvalue weighted by Gasteiger charge is -2.02. The lowest BCUT2D eigenvalue weighted by molar-refractivity contribution is 0.467. The second-order valence-corrected chi connectivity index (χ2v) is 5.62. The summed E-state index contributed by atoms with van der Waals surface area (Å²) in [5, 5.41) is 9.39. The highest BCUT2D eigenvalue weighted by molar-refractivity contribution is 7.90. The summed E-state index contributed by atoms with van der Waals surface area (Å²) in [6.45, 7) is 0. The molecule has 4 heteroatoms. The van der Waals surface area contributed by atoms with Crippen LogP contribution in [0.5, 0.6) is 5.75 Å². The molecule has 0 heterocycles. The van der Waals surface area contributed by atoms with Crippen LogP contribution < -0.4 is 0 Å². The summed E-state index contributed by atoms with van der Waals surface area (Å²) in [6, 6.07) is 6.98. The molecule has 1 rings (SSSR count). The zero-order chi connectivity index (χ0) is 10.6. The molecule has 0 saturated carbocycles. The largest absolute Gasteiger partial charge is 0.508 e. The van der Waals surface area contributed by atoms with Crippen LogP contribution in [0.2, 0.25) is 0 Å². The zero-order valence-electron chi connectivity index (χ0n) is 8.10. The molecule has 14 heavy (non-hydrogen) atoms. The highest BCUT2D eigenvalue weighted by atomic mass is 32.2. The Bertz CT molecular complexity index is 396. The first kappa shape index (κ1) is 11.0. The van der Waals surface area contributed by atoms with Gasteiger partial charge in [-0.15, -0.1) is 0 Å². The van der Waals surface area contributed by atoms with Gasteiger partial charge in [0.25, 0.3) is 0 Å². The van der Waals surface area contributed by atoms with Crippen LogP contribution in [0.15, 0.2) is 24.3 Å². The van der Waals surface area contributed by atoms with Gasteiger partial charge in [0.05, 0.1) is 5.75 Å². The maximum atomic E-state index is 10.8. The number of para-hydroxylation sites is 1. The van der Waals surface area contributed by atoms with Crippen molar-refractivity contribution in [3.05, 3.63) is 29.8 Å². The highest BCUT2D eigenvalue weighted by Crippen LogP contribution is 2.17. The van der Waals surface area contributed by atoms with E-state index in [1.54, 1.807) is 18.2 Å². The minimum Gasteiger partial charge on any atom is -0.508 e. The first-order valence-electron chi connectivity index (χ1n) is 4.43. The third-order valence-corrected chi connectivity index (χ3v) is 2.98. The average molecular weight is 214 g/mol. The molecule has 0 amide bonds. The van der Waals surface area contributed by atoms with Crippen molar-refractivity contribution in [2.45, 2.75) is 12.8 Å². The molecule has 0 atom stereocenters. The van der Waals surface area contributed by atoms with Crippen molar-refractivity contribution >= 4 is 9.84 Å². The van der Waals surface area contributed by atoms with Gasteiger partial charge < -0.3 is 5.11 Å². The van der Waals surface area contributed by atoms with E-state index in [1.807, 2.05) is 6.07 Å². The second kappa shape index (κ2) is 4.46. The SMILES string of the molecule is CS(=O)(=O)CCCc1ccccc1O. The van der Waals surface area contributed by atoms with Crippen LogP contribution in [0.3, 0.4) is 0 Å². The highest BCUT2D eigenvalue weighted by Gasteiger charge is 2.04. The Balaban J connectivity index is 2.51. The maximum absolute atomic E-state index is 10.8.